The van der Waals surface area contributed by atoms with Crippen molar-refractivity contribution in [3.05, 3.63) is 64.1 Å². The van der Waals surface area contributed by atoms with Gasteiger partial charge in [-0.3, -0.25) is 9.59 Å². The number of hydrogen-bond donors (Lipinski definition) is 1. The summed E-state index contributed by atoms with van der Waals surface area (Å²) in [5, 5.41) is 0. The Hall–Kier alpha value is -3.08. The van der Waals surface area contributed by atoms with Crippen LogP contribution >= 0.6 is 0 Å². The third kappa shape index (κ3) is 3.17. The molecule has 146 valence electrons. The van der Waals surface area contributed by atoms with Crippen LogP contribution in [0.2, 0.25) is 0 Å². The summed E-state index contributed by atoms with van der Waals surface area (Å²) >= 11 is 0. The van der Waals surface area contributed by atoms with Crippen molar-refractivity contribution in [2.45, 2.75) is 41.5 Å². The minimum Gasteiger partial charge on any atom is -0.466 e. The molecule has 0 unspecified atom stereocenters. The van der Waals surface area contributed by atoms with E-state index in [2.05, 4.69) is 0 Å². The van der Waals surface area contributed by atoms with Crippen LogP contribution in [0.15, 0.2) is 51.5 Å². The van der Waals surface area contributed by atoms with Gasteiger partial charge in [0.2, 0.25) is 0 Å². The first kappa shape index (κ1) is 19.7. The molecule has 1 aromatic heterocycles. The van der Waals surface area contributed by atoms with Crippen LogP contribution in [0, 0.1) is 19.8 Å². The van der Waals surface area contributed by atoms with Crippen molar-refractivity contribution >= 4 is 28.8 Å². The van der Waals surface area contributed by atoms with Crippen molar-refractivity contribution in [2.24, 2.45) is 5.92 Å². The molecule has 1 saturated heterocycles. The number of nitrogen functional groups attached to an aromatic ring is 1. The molecule has 2 aromatic rings. The van der Waals surface area contributed by atoms with Gasteiger partial charge in [0, 0.05) is 11.3 Å². The number of benzene rings is 1. The van der Waals surface area contributed by atoms with Crippen LogP contribution in [0.4, 0.5) is 11.4 Å². The predicted molar refractivity (Wildman–Crippen MR) is 112 cm³/mol. The molecule has 2 N–H and O–H groups in total. The second-order valence-electron chi connectivity index (χ2n) is 7.68. The topological polar surface area (TPSA) is 76.5 Å². The number of aryl methyl sites for hydroxylation is 2. The molecular weight excluding hydrogens is 352 g/mol. The number of allylic oxidation sites excluding steroid dienone is 2. The number of amides is 2. The van der Waals surface area contributed by atoms with E-state index < -0.39 is 0 Å². The average Bonchev–Trinajstić information content (AvgIpc) is 3.05. The normalized spacial score (nSPS) is 16.4. The number of imide groups is 1. The Morgan fingerprint density at radius 3 is 2.04 bits per heavy atom. The Labute approximate surface area is 165 Å². The maximum atomic E-state index is 13.5. The molecule has 2 amide bonds. The largest absolute Gasteiger partial charge is 0.466 e. The van der Waals surface area contributed by atoms with Crippen molar-refractivity contribution in [3.63, 3.8) is 0 Å². The second-order valence-corrected chi connectivity index (χ2v) is 7.68. The molecule has 0 atom stereocenters. The molecule has 1 aliphatic rings. The van der Waals surface area contributed by atoms with Gasteiger partial charge in [0.1, 0.15) is 11.5 Å². The van der Waals surface area contributed by atoms with Gasteiger partial charge in [0.15, 0.2) is 0 Å². The number of nitrogens with two attached hydrogens (primary N) is 1. The zero-order valence-electron chi connectivity index (χ0n) is 17.2. The molecule has 28 heavy (non-hydrogen) atoms. The first-order chi connectivity index (χ1) is 13.1. The zero-order chi connectivity index (χ0) is 20.7. The van der Waals surface area contributed by atoms with Crippen molar-refractivity contribution in [1.82, 2.24) is 0 Å². The summed E-state index contributed by atoms with van der Waals surface area (Å²) < 4.78 is 5.71. The molecule has 0 saturated carbocycles. The number of rotatable bonds is 3. The molecule has 0 aliphatic carbocycles. The van der Waals surface area contributed by atoms with Crippen molar-refractivity contribution in [1.29, 1.82) is 0 Å². The van der Waals surface area contributed by atoms with Crippen molar-refractivity contribution < 1.29 is 14.0 Å². The molecule has 3 rings (SSSR count). The van der Waals surface area contributed by atoms with E-state index >= 15 is 0 Å². The van der Waals surface area contributed by atoms with E-state index in [1.165, 1.54) is 4.90 Å². The molecule has 0 spiro atoms. The summed E-state index contributed by atoms with van der Waals surface area (Å²) in [5.41, 5.74) is 10.3. The van der Waals surface area contributed by atoms with Gasteiger partial charge in [-0.05, 0) is 69.5 Å². The van der Waals surface area contributed by atoms with E-state index in [4.69, 9.17) is 10.2 Å². The van der Waals surface area contributed by atoms with E-state index in [0.29, 0.717) is 22.5 Å². The highest BCUT2D eigenvalue weighted by Gasteiger charge is 2.43. The van der Waals surface area contributed by atoms with Gasteiger partial charge in [-0.15, -0.1) is 0 Å². The summed E-state index contributed by atoms with van der Waals surface area (Å²) in [5.74, 6) is 0.932. The molecule has 2 heterocycles. The second kappa shape index (κ2) is 7.15. The van der Waals surface area contributed by atoms with Crippen LogP contribution in [0.3, 0.4) is 0 Å². The summed E-state index contributed by atoms with van der Waals surface area (Å²) in [6.07, 6.45) is 0. The van der Waals surface area contributed by atoms with Crippen LogP contribution in [-0.2, 0) is 9.59 Å². The third-order valence-electron chi connectivity index (χ3n) is 4.91. The molecule has 0 radical (unpaired) electrons. The highest BCUT2D eigenvalue weighted by molar-refractivity contribution is 6.39. The van der Waals surface area contributed by atoms with E-state index in [9.17, 15) is 9.59 Å². The molecule has 5 heteroatoms. The number of carbonyl (C=O) groups excluding carboxylic acids is 2. The Bertz CT molecular complexity index is 1020. The van der Waals surface area contributed by atoms with Gasteiger partial charge in [-0.1, -0.05) is 19.4 Å². The summed E-state index contributed by atoms with van der Waals surface area (Å²) in [4.78, 5) is 28.0. The van der Waals surface area contributed by atoms with Gasteiger partial charge in [0.05, 0.1) is 16.8 Å². The molecular formula is C23H26N2O3. The highest BCUT2D eigenvalue weighted by atomic mass is 16.3. The van der Waals surface area contributed by atoms with E-state index in [1.54, 1.807) is 24.3 Å². The van der Waals surface area contributed by atoms with E-state index in [-0.39, 0.29) is 17.7 Å². The lowest BCUT2D eigenvalue weighted by Crippen LogP contribution is -2.29. The van der Waals surface area contributed by atoms with E-state index in [0.717, 1.165) is 28.2 Å². The fourth-order valence-corrected chi connectivity index (χ4v) is 3.73. The average molecular weight is 378 g/mol. The zero-order valence-corrected chi connectivity index (χ0v) is 17.2. The van der Waals surface area contributed by atoms with Crippen LogP contribution < -0.4 is 10.6 Å². The van der Waals surface area contributed by atoms with Crippen molar-refractivity contribution in [3.8, 4) is 0 Å². The highest BCUT2D eigenvalue weighted by Crippen LogP contribution is 2.41. The predicted octanol–water partition coefficient (Wildman–Crippen LogP) is 4.80. The van der Waals surface area contributed by atoms with Crippen LogP contribution in [-0.4, -0.2) is 11.8 Å². The standard InChI is InChI=1S/C23H26N2O3/c1-12(2)19(18-11-14(5)28-15(18)6)21-20(13(3)4)22(26)25(23(21)27)17-9-7-16(24)8-10-17/h7-12H,24H2,1-6H3/b21-19+. The fraction of sp³-hybridized carbons (Fsp3) is 0.304. The number of anilines is 2. The Kier molecular flexibility index (Phi) is 5.02. The Morgan fingerprint density at radius 1 is 1.00 bits per heavy atom. The lowest BCUT2D eigenvalue weighted by Gasteiger charge is -2.16. The van der Waals surface area contributed by atoms with Gasteiger partial charge >= 0.3 is 0 Å². The summed E-state index contributed by atoms with van der Waals surface area (Å²) in [7, 11) is 0. The maximum Gasteiger partial charge on any atom is 0.266 e. The SMILES string of the molecule is CC(C)=C1C(=O)N(c2ccc(N)cc2)C(=O)/C1=C(/c1cc(C)oc1C)C(C)C. The smallest absolute Gasteiger partial charge is 0.266 e. The van der Waals surface area contributed by atoms with Gasteiger partial charge in [0.25, 0.3) is 11.8 Å². The molecule has 0 bridgehead atoms. The lowest BCUT2D eigenvalue weighted by atomic mass is 9.87. The van der Waals surface area contributed by atoms with E-state index in [1.807, 2.05) is 47.6 Å². The third-order valence-corrected chi connectivity index (χ3v) is 4.91. The minimum absolute atomic E-state index is 0.0307. The molecule has 5 nitrogen and oxygen atoms in total. The Balaban J connectivity index is 2.30. The number of nitrogens with zero attached hydrogens (tertiary/aromatic N) is 1. The maximum absolute atomic E-state index is 13.5. The molecule has 1 fully saturated rings. The first-order valence-electron chi connectivity index (χ1n) is 9.37. The molecule has 1 aromatic carbocycles. The lowest BCUT2D eigenvalue weighted by molar-refractivity contribution is -0.119. The monoisotopic (exact) mass is 378 g/mol. The van der Waals surface area contributed by atoms with Crippen molar-refractivity contribution in [2.75, 3.05) is 10.6 Å². The van der Waals surface area contributed by atoms with Gasteiger partial charge < -0.3 is 10.2 Å². The number of carbonyl (C=O) groups is 2. The quantitative estimate of drug-likeness (QED) is 0.473. The van der Waals surface area contributed by atoms with Gasteiger partial charge in [-0.2, -0.15) is 0 Å². The fourth-order valence-electron chi connectivity index (χ4n) is 3.73. The van der Waals surface area contributed by atoms with Crippen LogP contribution in [0.25, 0.3) is 5.57 Å². The number of hydrogen-bond acceptors (Lipinski definition) is 4. The van der Waals surface area contributed by atoms with Crippen LogP contribution in [0.5, 0.6) is 0 Å². The number of furan rings is 1. The Morgan fingerprint density at radius 2 is 1.57 bits per heavy atom. The minimum atomic E-state index is -0.312. The van der Waals surface area contributed by atoms with Crippen LogP contribution in [0.1, 0.15) is 44.8 Å². The summed E-state index contributed by atoms with van der Waals surface area (Å²) in [6.45, 7) is 11.5. The molecule has 1 aliphatic heterocycles. The van der Waals surface area contributed by atoms with Gasteiger partial charge in [-0.25, -0.2) is 4.90 Å². The first-order valence-corrected chi connectivity index (χ1v) is 9.37. The summed E-state index contributed by atoms with van der Waals surface area (Å²) in [6, 6.07) is 8.70.